The van der Waals surface area contributed by atoms with Crippen molar-refractivity contribution in [2.24, 2.45) is 23.2 Å². The fourth-order valence-corrected chi connectivity index (χ4v) is 5.25. The smallest absolute Gasteiger partial charge is 0.495 e. The first-order valence-corrected chi connectivity index (χ1v) is 10.3. The minimum Gasteiger partial charge on any atom is -0.495 e. The van der Waals surface area contributed by atoms with Crippen molar-refractivity contribution in [1.82, 2.24) is 4.90 Å². The van der Waals surface area contributed by atoms with Gasteiger partial charge in [-0.1, -0.05) is 50.3 Å². The van der Waals surface area contributed by atoms with Crippen molar-refractivity contribution < 1.29 is 18.9 Å². The first-order chi connectivity index (χ1) is 13.4. The van der Waals surface area contributed by atoms with Gasteiger partial charge in [-0.2, -0.15) is 0 Å². The van der Waals surface area contributed by atoms with Gasteiger partial charge in [-0.3, -0.25) is 14.5 Å². The van der Waals surface area contributed by atoms with Crippen molar-refractivity contribution in [3.05, 3.63) is 41.9 Å². The van der Waals surface area contributed by atoms with Gasteiger partial charge in [-0.25, -0.2) is 0 Å². The van der Waals surface area contributed by atoms with Crippen LogP contribution in [0.3, 0.4) is 0 Å². The molecule has 2 bridgehead atoms. The Kier molecular flexibility index (Phi) is 5.32. The number of hydrogen-bond donors (Lipinski definition) is 0. The number of carbonyl (C=O) groups is 2. The van der Waals surface area contributed by atoms with Crippen LogP contribution < -0.4 is 0 Å². The Morgan fingerprint density at radius 3 is 2.39 bits per heavy atom. The third kappa shape index (κ3) is 4.02. The van der Waals surface area contributed by atoms with E-state index < -0.39 is 7.12 Å². The second-order valence-corrected chi connectivity index (χ2v) is 8.99. The van der Waals surface area contributed by atoms with E-state index in [2.05, 4.69) is 13.8 Å². The van der Waals surface area contributed by atoms with E-state index in [-0.39, 0.29) is 25.0 Å². The van der Waals surface area contributed by atoms with Crippen LogP contribution in [0.1, 0.15) is 38.7 Å². The molecule has 5 rings (SSSR count). The standard InChI is InChI=1S/C22H28BNO4/c1-22(2)18-9-8-17(19(22)12-18)13-24-14-20(25)27-23(28-21(26)15-24)11-10-16-6-4-3-5-7-16/h3-7,10-11,17-19H,8-9,12-15H2,1-2H3/b11-10+/t17-,18-,19?/m1/s1. The van der Waals surface area contributed by atoms with Crippen LogP contribution in [0.5, 0.6) is 0 Å². The van der Waals surface area contributed by atoms with Crippen LogP contribution in [0, 0.1) is 23.2 Å². The largest absolute Gasteiger partial charge is 0.628 e. The number of rotatable bonds is 4. The minimum atomic E-state index is -0.969. The van der Waals surface area contributed by atoms with Crippen molar-refractivity contribution in [2.45, 2.75) is 33.1 Å². The predicted octanol–water partition coefficient (Wildman–Crippen LogP) is 3.20. The second-order valence-electron chi connectivity index (χ2n) is 8.99. The summed E-state index contributed by atoms with van der Waals surface area (Å²) in [5.41, 5.74) is 1.34. The average molecular weight is 381 g/mol. The van der Waals surface area contributed by atoms with Crippen LogP contribution in [0.2, 0.25) is 0 Å². The highest BCUT2D eigenvalue weighted by atomic mass is 16.6. The van der Waals surface area contributed by atoms with Crippen molar-refractivity contribution in [1.29, 1.82) is 0 Å². The van der Waals surface area contributed by atoms with Crippen molar-refractivity contribution in [3.63, 3.8) is 0 Å². The van der Waals surface area contributed by atoms with Gasteiger partial charge in [0.2, 0.25) is 0 Å². The number of fused-ring (bicyclic) bond motifs is 2. The third-order valence-corrected chi connectivity index (χ3v) is 6.94. The maximum absolute atomic E-state index is 12.3. The molecular weight excluding hydrogens is 353 g/mol. The van der Waals surface area contributed by atoms with Gasteiger partial charge in [-0.15, -0.1) is 0 Å². The first kappa shape index (κ1) is 19.3. The van der Waals surface area contributed by atoms with Crippen LogP contribution in [0.25, 0.3) is 6.08 Å². The highest BCUT2D eigenvalue weighted by Gasteiger charge is 2.54. The molecule has 0 N–H and O–H groups in total. The maximum atomic E-state index is 12.3. The molecule has 6 heteroatoms. The highest BCUT2D eigenvalue weighted by Crippen LogP contribution is 2.61. The van der Waals surface area contributed by atoms with Crippen LogP contribution in [-0.2, 0) is 18.9 Å². The number of nitrogens with zero attached hydrogens (tertiary/aromatic N) is 1. The monoisotopic (exact) mass is 381 g/mol. The summed E-state index contributed by atoms with van der Waals surface area (Å²) in [5, 5.41) is 0. The quantitative estimate of drug-likeness (QED) is 0.750. The Morgan fingerprint density at radius 1 is 1.11 bits per heavy atom. The second kappa shape index (κ2) is 7.74. The molecule has 5 nitrogen and oxygen atoms in total. The zero-order valence-corrected chi connectivity index (χ0v) is 16.7. The molecule has 1 unspecified atom stereocenters. The lowest BCUT2D eigenvalue weighted by atomic mass is 9.45. The predicted molar refractivity (Wildman–Crippen MR) is 108 cm³/mol. The van der Waals surface area contributed by atoms with Gasteiger partial charge in [0.05, 0.1) is 13.1 Å². The van der Waals surface area contributed by atoms with Crippen LogP contribution in [0.4, 0.5) is 0 Å². The molecule has 1 aromatic carbocycles. The normalized spacial score (nSPS) is 30.2. The molecule has 0 aromatic heterocycles. The van der Waals surface area contributed by atoms with E-state index >= 15 is 0 Å². The van der Waals surface area contributed by atoms with Crippen molar-refractivity contribution in [3.8, 4) is 0 Å². The lowest BCUT2D eigenvalue weighted by Crippen LogP contribution is -2.55. The first-order valence-electron chi connectivity index (χ1n) is 10.3. The zero-order chi connectivity index (χ0) is 19.7. The fourth-order valence-electron chi connectivity index (χ4n) is 5.25. The lowest BCUT2D eigenvalue weighted by Gasteiger charge is -2.60. The molecule has 148 valence electrons. The molecule has 28 heavy (non-hydrogen) atoms. The van der Waals surface area contributed by atoms with E-state index in [0.717, 1.165) is 18.0 Å². The van der Waals surface area contributed by atoms with E-state index in [1.807, 2.05) is 35.2 Å². The molecule has 4 fully saturated rings. The molecule has 1 aromatic rings. The molecule has 3 aliphatic carbocycles. The Bertz CT molecular complexity index is 741. The Hall–Kier alpha value is -2.08. The number of hydrogen-bond acceptors (Lipinski definition) is 5. The van der Waals surface area contributed by atoms with Crippen molar-refractivity contribution >= 4 is 25.1 Å². The molecule has 0 spiro atoms. The van der Waals surface area contributed by atoms with Gasteiger partial charge in [0.25, 0.3) is 0 Å². The molecule has 1 aliphatic heterocycles. The van der Waals surface area contributed by atoms with Gasteiger partial charge in [0.15, 0.2) is 0 Å². The molecule has 4 aliphatic rings. The van der Waals surface area contributed by atoms with Crippen LogP contribution >= 0.6 is 0 Å². The minimum absolute atomic E-state index is 0.137. The van der Waals surface area contributed by atoms with Gasteiger partial charge in [0.1, 0.15) is 0 Å². The molecule has 1 heterocycles. The summed E-state index contributed by atoms with van der Waals surface area (Å²) in [6.45, 7) is 5.75. The maximum Gasteiger partial charge on any atom is 0.628 e. The van der Waals surface area contributed by atoms with Crippen LogP contribution in [0.15, 0.2) is 36.3 Å². The van der Waals surface area contributed by atoms with Gasteiger partial charge in [0, 0.05) is 6.54 Å². The fraction of sp³-hybridized carbons (Fsp3) is 0.545. The Balaban J connectivity index is 1.36. The molecule has 0 amide bonds. The zero-order valence-electron chi connectivity index (χ0n) is 16.7. The molecule has 0 radical (unpaired) electrons. The van der Waals surface area contributed by atoms with E-state index in [9.17, 15) is 9.59 Å². The summed E-state index contributed by atoms with van der Waals surface area (Å²) in [6, 6.07) is 9.64. The third-order valence-electron chi connectivity index (χ3n) is 6.94. The molecule has 1 saturated heterocycles. The summed E-state index contributed by atoms with van der Waals surface area (Å²) in [5.74, 6) is 2.97. The van der Waals surface area contributed by atoms with Gasteiger partial charge < -0.3 is 9.31 Å². The lowest BCUT2D eigenvalue weighted by molar-refractivity contribution is -0.148. The van der Waals surface area contributed by atoms with Gasteiger partial charge >= 0.3 is 19.1 Å². The van der Waals surface area contributed by atoms with E-state index in [1.165, 1.54) is 19.3 Å². The summed E-state index contributed by atoms with van der Waals surface area (Å²) in [6.07, 6.45) is 5.51. The Labute approximate surface area is 167 Å². The van der Waals surface area contributed by atoms with E-state index in [1.54, 1.807) is 12.1 Å². The SMILES string of the molecule is CC1(C)C2C[C@H]1CC[C@@H]2CN1CC(=O)OB(/C=C/c2ccccc2)OC(=O)C1. The van der Waals surface area contributed by atoms with Crippen molar-refractivity contribution in [2.75, 3.05) is 19.6 Å². The van der Waals surface area contributed by atoms with Gasteiger partial charge in [-0.05, 0) is 54.0 Å². The highest BCUT2D eigenvalue weighted by molar-refractivity contribution is 6.55. The number of benzene rings is 1. The van der Waals surface area contributed by atoms with E-state index in [0.29, 0.717) is 17.3 Å². The molecule has 3 saturated carbocycles. The summed E-state index contributed by atoms with van der Waals surface area (Å²) >= 11 is 0. The molecule has 3 atom stereocenters. The summed E-state index contributed by atoms with van der Waals surface area (Å²) in [4.78, 5) is 26.6. The Morgan fingerprint density at radius 2 is 1.79 bits per heavy atom. The summed E-state index contributed by atoms with van der Waals surface area (Å²) < 4.78 is 10.7. The molecular formula is C22H28BNO4. The van der Waals surface area contributed by atoms with E-state index in [4.69, 9.17) is 9.31 Å². The summed E-state index contributed by atoms with van der Waals surface area (Å²) in [7, 11) is -0.969. The average Bonchev–Trinajstić information content (AvgIpc) is 2.65. The van der Waals surface area contributed by atoms with Crippen LogP contribution in [-0.4, -0.2) is 43.6 Å². The topological polar surface area (TPSA) is 55.8 Å². The number of carbonyl (C=O) groups excluding carboxylic acids is 2.